The second-order valence-corrected chi connectivity index (χ2v) is 12.7. The van der Waals surface area contributed by atoms with Gasteiger partial charge in [-0.3, -0.25) is 0 Å². The van der Waals surface area contributed by atoms with Crippen molar-refractivity contribution in [3.05, 3.63) is 41.0 Å². The van der Waals surface area contributed by atoms with Crippen molar-refractivity contribution < 1.29 is 14.9 Å². The number of fused-ring (bicyclic) bond motifs is 2. The number of nitrogens with one attached hydrogen (secondary N) is 1. The molecule has 8 unspecified atom stereocenters. The van der Waals surface area contributed by atoms with Crippen molar-refractivity contribution in [3.63, 3.8) is 0 Å². The van der Waals surface area contributed by atoms with Crippen LogP contribution in [0.15, 0.2) is 24.3 Å². The number of allylic oxidation sites excluding steroid dienone is 2. The number of aromatic hydroxyl groups is 1. The molecule has 1 aromatic rings. The third-order valence-electron chi connectivity index (χ3n) is 10.5. The number of nitrogens with two attached hydrogens (primary N) is 1. The van der Waals surface area contributed by atoms with Crippen LogP contribution in [0.2, 0.25) is 0 Å². The van der Waals surface area contributed by atoms with Crippen molar-refractivity contribution in [2.45, 2.75) is 93.9 Å². The van der Waals surface area contributed by atoms with E-state index < -0.39 is 5.54 Å². The van der Waals surface area contributed by atoms with Gasteiger partial charge in [-0.25, -0.2) is 0 Å². The maximum atomic E-state index is 10.7. The summed E-state index contributed by atoms with van der Waals surface area (Å²) in [5, 5.41) is 24.1. The zero-order chi connectivity index (χ0) is 25.3. The smallest absolute Gasteiger partial charge is 0.116 e. The highest BCUT2D eigenvalue weighted by molar-refractivity contribution is 5.54. The number of ether oxygens (including phenoxy) is 1. The van der Waals surface area contributed by atoms with Gasteiger partial charge in [0.2, 0.25) is 0 Å². The Hall–Kier alpha value is -1.84. The van der Waals surface area contributed by atoms with Crippen LogP contribution in [0.5, 0.6) is 5.75 Å². The van der Waals surface area contributed by atoms with E-state index in [0.717, 1.165) is 37.8 Å². The fraction of sp³-hybridized carbons (Fsp3) is 0.677. The maximum Gasteiger partial charge on any atom is 0.116 e. The van der Waals surface area contributed by atoms with Crippen molar-refractivity contribution in [1.29, 1.82) is 0 Å². The third-order valence-corrected chi connectivity index (χ3v) is 10.5. The van der Waals surface area contributed by atoms with Crippen LogP contribution in [0, 0.1) is 35.5 Å². The number of rotatable bonds is 4. The molecule has 8 rings (SSSR count). The number of hydrogen-bond acceptors (Lipinski definition) is 5. The van der Waals surface area contributed by atoms with Gasteiger partial charge >= 0.3 is 0 Å². The quantitative estimate of drug-likeness (QED) is 0.373. The SMILES string of the molecule is CNCc1cc(O)cc2c1C1C=CC2C#CC2C(N)(CCO)C3CCC2(OC3(C)C)C2CCCC1C2. The molecule has 2 heterocycles. The van der Waals surface area contributed by atoms with Crippen LogP contribution in [0.25, 0.3) is 0 Å². The summed E-state index contributed by atoms with van der Waals surface area (Å²) in [7, 11) is 1.97. The maximum absolute atomic E-state index is 10.7. The van der Waals surface area contributed by atoms with Gasteiger partial charge in [0.15, 0.2) is 0 Å². The molecule has 6 bridgehead atoms. The van der Waals surface area contributed by atoms with Gasteiger partial charge in [0.1, 0.15) is 5.75 Å². The number of phenolic OH excluding ortho intramolecular Hbond substituents is 1. The minimum Gasteiger partial charge on any atom is -0.508 e. The summed E-state index contributed by atoms with van der Waals surface area (Å²) < 4.78 is 7.18. The Morgan fingerprint density at radius 3 is 2.75 bits per heavy atom. The van der Waals surface area contributed by atoms with Gasteiger partial charge in [-0.05, 0) is 100 Å². The molecule has 36 heavy (non-hydrogen) atoms. The Balaban J connectivity index is 1.57. The number of aliphatic hydroxyl groups excluding tert-OH is 1. The molecule has 2 aliphatic heterocycles. The zero-order valence-corrected chi connectivity index (χ0v) is 22.0. The lowest BCUT2D eigenvalue weighted by molar-refractivity contribution is -0.306. The van der Waals surface area contributed by atoms with Crippen LogP contribution >= 0.6 is 0 Å². The van der Waals surface area contributed by atoms with E-state index in [0.29, 0.717) is 29.9 Å². The summed E-state index contributed by atoms with van der Waals surface area (Å²) in [4.78, 5) is 0. The molecule has 4 fully saturated rings. The molecule has 8 atom stereocenters. The van der Waals surface area contributed by atoms with Gasteiger partial charge in [-0.15, -0.1) is 0 Å². The summed E-state index contributed by atoms with van der Waals surface area (Å²) in [5.74, 6) is 8.90. The van der Waals surface area contributed by atoms with Crippen LogP contribution in [0.1, 0.15) is 87.3 Å². The molecule has 2 saturated carbocycles. The molecule has 0 amide bonds. The van der Waals surface area contributed by atoms with E-state index in [9.17, 15) is 10.2 Å². The lowest BCUT2D eigenvalue weighted by atomic mass is 9.48. The molecule has 7 aliphatic rings. The molecule has 0 radical (unpaired) electrons. The Labute approximate surface area is 215 Å². The predicted molar refractivity (Wildman–Crippen MR) is 141 cm³/mol. The molecule has 5 nitrogen and oxygen atoms in total. The second-order valence-electron chi connectivity index (χ2n) is 12.7. The number of benzene rings is 1. The van der Waals surface area contributed by atoms with Crippen LogP contribution in [0.4, 0.5) is 0 Å². The Morgan fingerprint density at radius 2 is 2.00 bits per heavy atom. The first-order valence-electron chi connectivity index (χ1n) is 14.0. The van der Waals surface area contributed by atoms with E-state index in [1.807, 2.05) is 19.2 Å². The summed E-state index contributed by atoms with van der Waals surface area (Å²) in [6.45, 7) is 5.21. The van der Waals surface area contributed by atoms with Gasteiger partial charge < -0.3 is 26.0 Å². The van der Waals surface area contributed by atoms with Gasteiger partial charge in [0.05, 0.1) is 23.0 Å². The van der Waals surface area contributed by atoms with E-state index in [4.69, 9.17) is 10.5 Å². The van der Waals surface area contributed by atoms with Crippen molar-refractivity contribution in [2.75, 3.05) is 13.7 Å². The normalized spacial score (nSPS) is 41.6. The van der Waals surface area contributed by atoms with Crippen molar-refractivity contribution in [1.82, 2.24) is 5.32 Å². The van der Waals surface area contributed by atoms with Crippen molar-refractivity contribution in [3.8, 4) is 17.6 Å². The topological polar surface area (TPSA) is 87.7 Å². The molecule has 1 spiro atoms. The Kier molecular flexibility index (Phi) is 5.85. The number of aliphatic hydroxyl groups is 1. The van der Waals surface area contributed by atoms with Gasteiger partial charge in [-0.1, -0.05) is 30.4 Å². The average molecular weight is 491 g/mol. The lowest BCUT2D eigenvalue weighted by Crippen LogP contribution is -2.77. The fourth-order valence-corrected chi connectivity index (χ4v) is 9.24. The number of hydrogen-bond donors (Lipinski definition) is 4. The summed E-state index contributed by atoms with van der Waals surface area (Å²) in [6, 6.07) is 3.87. The Morgan fingerprint density at radius 1 is 1.17 bits per heavy atom. The van der Waals surface area contributed by atoms with Gasteiger partial charge in [0.25, 0.3) is 0 Å². The van der Waals surface area contributed by atoms with Gasteiger partial charge in [-0.2, -0.15) is 0 Å². The lowest BCUT2D eigenvalue weighted by Gasteiger charge is -2.68. The highest BCUT2D eigenvalue weighted by Crippen LogP contribution is 2.63. The number of phenols is 1. The van der Waals surface area contributed by atoms with Gasteiger partial charge in [0, 0.05) is 30.5 Å². The van der Waals surface area contributed by atoms with E-state index >= 15 is 0 Å². The Bertz CT molecular complexity index is 1130. The van der Waals surface area contributed by atoms with Crippen LogP contribution < -0.4 is 11.1 Å². The molecule has 1 aromatic carbocycles. The standard InChI is InChI=1S/C31H42N2O3/c1-29(2)26-11-12-31(36-29)22-6-4-5-20(15-22)24-9-7-19(8-10-27(31)30(26,32)13-14-34)25-17-23(35)16-21(18-33-3)28(24)25/h7,9,16-17,19-20,22,24,26-27,33-35H,4-6,11-15,18,32H2,1-3H3. The molecule has 5 aliphatic carbocycles. The first kappa shape index (κ1) is 24.5. The van der Waals surface area contributed by atoms with E-state index in [1.165, 1.54) is 24.0 Å². The summed E-state index contributed by atoms with van der Waals surface area (Å²) >= 11 is 0. The minimum atomic E-state index is -0.580. The van der Waals surface area contributed by atoms with Crippen molar-refractivity contribution >= 4 is 0 Å². The fourth-order valence-electron chi connectivity index (χ4n) is 9.24. The van der Waals surface area contributed by atoms with E-state index in [2.05, 4.69) is 43.2 Å². The van der Waals surface area contributed by atoms with Crippen LogP contribution in [-0.2, 0) is 11.3 Å². The minimum absolute atomic E-state index is 0.0696. The zero-order valence-electron chi connectivity index (χ0n) is 22.0. The predicted octanol–water partition coefficient (Wildman–Crippen LogP) is 4.33. The largest absolute Gasteiger partial charge is 0.508 e. The summed E-state index contributed by atoms with van der Waals surface area (Å²) in [5.41, 5.74) is 9.76. The molecule has 5 N–H and O–H groups in total. The van der Waals surface area contributed by atoms with E-state index in [1.54, 1.807) is 0 Å². The first-order chi connectivity index (χ1) is 17.2. The first-order valence-corrected chi connectivity index (χ1v) is 14.0. The highest BCUT2D eigenvalue weighted by atomic mass is 16.5. The van der Waals surface area contributed by atoms with E-state index in [-0.39, 0.29) is 35.6 Å². The molecule has 0 aromatic heterocycles. The van der Waals surface area contributed by atoms with Crippen LogP contribution in [0.3, 0.4) is 0 Å². The second kappa shape index (κ2) is 8.60. The molecule has 194 valence electrons. The van der Waals surface area contributed by atoms with Crippen molar-refractivity contribution in [2.24, 2.45) is 29.4 Å². The summed E-state index contributed by atoms with van der Waals surface area (Å²) in [6.07, 6.45) is 11.9. The van der Waals surface area contributed by atoms with Crippen LogP contribution in [-0.4, -0.2) is 40.6 Å². The monoisotopic (exact) mass is 490 g/mol. The molecule has 2 saturated heterocycles. The average Bonchev–Trinajstić information content (AvgIpc) is 2.85. The third kappa shape index (κ3) is 3.45. The molecular weight excluding hydrogens is 448 g/mol. The molecule has 5 heteroatoms. The highest BCUT2D eigenvalue weighted by Gasteiger charge is 2.68. The molecular formula is C31H42N2O3.